The molecule has 1 aromatic carbocycles. The van der Waals surface area contributed by atoms with Gasteiger partial charge in [0.2, 0.25) is 0 Å². The van der Waals surface area contributed by atoms with E-state index >= 15 is 0 Å². The molecule has 1 aromatic rings. The van der Waals surface area contributed by atoms with E-state index in [2.05, 4.69) is 50.4 Å². The fourth-order valence-corrected chi connectivity index (χ4v) is 1.74. The van der Waals surface area contributed by atoms with Gasteiger partial charge in [-0.1, -0.05) is 43.7 Å². The highest BCUT2D eigenvalue weighted by atomic mass is 35.5. The van der Waals surface area contributed by atoms with Gasteiger partial charge < -0.3 is 4.74 Å². The Morgan fingerprint density at radius 3 is 2.38 bits per heavy atom. The maximum Gasteiger partial charge on any atom is 0.134 e. The van der Waals surface area contributed by atoms with Gasteiger partial charge in [0.15, 0.2) is 0 Å². The zero-order valence-electron chi connectivity index (χ0n) is 10.1. The molecule has 0 aliphatic carbocycles. The topological polar surface area (TPSA) is 21.3 Å². The summed E-state index contributed by atoms with van der Waals surface area (Å²) in [7, 11) is 0. The van der Waals surface area contributed by atoms with Gasteiger partial charge in [-0.3, -0.25) is 5.32 Å². The molecule has 1 atom stereocenters. The summed E-state index contributed by atoms with van der Waals surface area (Å²) in [4.78, 5) is 0. The number of hydrogen-bond donors (Lipinski definition) is 1. The van der Waals surface area contributed by atoms with E-state index in [4.69, 9.17) is 4.74 Å². The Hall–Kier alpha value is -0.570. The number of halogens is 1. The van der Waals surface area contributed by atoms with Crippen LogP contribution in [-0.2, 0) is 4.74 Å². The summed E-state index contributed by atoms with van der Waals surface area (Å²) < 4.78 is 5.81. The Bertz CT molecular complexity index is 324. The second-order valence-corrected chi connectivity index (χ2v) is 5.15. The summed E-state index contributed by atoms with van der Waals surface area (Å²) in [5.74, 6) is 0. The molecule has 0 saturated carbocycles. The van der Waals surface area contributed by atoms with Crippen LogP contribution in [0.5, 0.6) is 0 Å². The van der Waals surface area contributed by atoms with Crippen LogP contribution in [0.25, 0.3) is 0 Å². The molecule has 1 saturated heterocycles. The lowest BCUT2D eigenvalue weighted by atomic mass is 9.93. The zero-order valence-corrected chi connectivity index (χ0v) is 10.9. The van der Waals surface area contributed by atoms with E-state index in [1.807, 2.05) is 0 Å². The van der Waals surface area contributed by atoms with Crippen molar-refractivity contribution in [2.45, 2.75) is 27.0 Å². The van der Waals surface area contributed by atoms with Gasteiger partial charge >= 0.3 is 0 Å². The van der Waals surface area contributed by atoms with Crippen LogP contribution in [0.15, 0.2) is 24.3 Å². The Morgan fingerprint density at radius 2 is 1.88 bits per heavy atom. The highest BCUT2D eigenvalue weighted by Gasteiger charge is 2.27. The third kappa shape index (κ3) is 3.21. The van der Waals surface area contributed by atoms with Gasteiger partial charge in [-0.2, -0.15) is 0 Å². The zero-order chi connectivity index (χ0) is 10.9. The van der Waals surface area contributed by atoms with Crippen molar-refractivity contribution in [2.24, 2.45) is 5.41 Å². The molecule has 0 amide bonds. The van der Waals surface area contributed by atoms with Crippen molar-refractivity contribution in [1.82, 2.24) is 5.32 Å². The second-order valence-electron chi connectivity index (χ2n) is 5.15. The van der Waals surface area contributed by atoms with E-state index < -0.39 is 0 Å². The van der Waals surface area contributed by atoms with Gasteiger partial charge in [-0.25, -0.2) is 0 Å². The molecule has 1 aliphatic heterocycles. The first-order valence-electron chi connectivity index (χ1n) is 5.48. The highest BCUT2D eigenvalue weighted by Crippen LogP contribution is 2.26. The van der Waals surface area contributed by atoms with Crippen LogP contribution >= 0.6 is 12.4 Å². The van der Waals surface area contributed by atoms with Crippen LogP contribution < -0.4 is 5.32 Å². The van der Waals surface area contributed by atoms with Gasteiger partial charge in [0.05, 0.1) is 6.61 Å². The van der Waals surface area contributed by atoms with Crippen molar-refractivity contribution >= 4 is 12.4 Å². The average Bonchev–Trinajstić information content (AvgIpc) is 2.20. The molecule has 90 valence electrons. The standard InChI is InChI=1S/C13H19NO.ClH/c1-10-4-6-11(7-5-10)12-14-8-13(2,3)9-15-12;/h4-7,12,14H,8-9H2,1-3H3;1H. The summed E-state index contributed by atoms with van der Waals surface area (Å²) >= 11 is 0. The van der Waals surface area contributed by atoms with Crippen molar-refractivity contribution < 1.29 is 4.74 Å². The first-order chi connectivity index (χ1) is 7.07. The number of nitrogens with one attached hydrogen (secondary N) is 1. The van der Waals surface area contributed by atoms with E-state index in [-0.39, 0.29) is 24.0 Å². The van der Waals surface area contributed by atoms with Crippen LogP contribution in [0.4, 0.5) is 0 Å². The first-order valence-corrected chi connectivity index (χ1v) is 5.48. The highest BCUT2D eigenvalue weighted by molar-refractivity contribution is 5.85. The van der Waals surface area contributed by atoms with Gasteiger partial charge in [-0.15, -0.1) is 12.4 Å². The monoisotopic (exact) mass is 241 g/mol. The Labute approximate surface area is 104 Å². The van der Waals surface area contributed by atoms with Crippen molar-refractivity contribution in [2.75, 3.05) is 13.2 Å². The molecule has 2 rings (SSSR count). The van der Waals surface area contributed by atoms with E-state index in [1.54, 1.807) is 0 Å². The molecule has 1 aliphatic rings. The summed E-state index contributed by atoms with van der Waals surface area (Å²) in [6.45, 7) is 8.35. The lowest BCUT2D eigenvalue weighted by Gasteiger charge is -2.35. The number of benzene rings is 1. The minimum Gasteiger partial charge on any atom is -0.358 e. The first kappa shape index (κ1) is 13.5. The van der Waals surface area contributed by atoms with E-state index in [0.29, 0.717) is 0 Å². The SMILES string of the molecule is Cc1ccc(C2NCC(C)(C)CO2)cc1.Cl. The Morgan fingerprint density at radius 1 is 1.25 bits per heavy atom. The minimum absolute atomic E-state index is 0. The number of ether oxygens (including phenoxy) is 1. The summed E-state index contributed by atoms with van der Waals surface area (Å²) in [5, 5.41) is 3.42. The van der Waals surface area contributed by atoms with E-state index in [0.717, 1.165) is 13.2 Å². The molecule has 0 radical (unpaired) electrons. The van der Waals surface area contributed by atoms with Gasteiger partial charge in [0.25, 0.3) is 0 Å². The fraction of sp³-hybridized carbons (Fsp3) is 0.538. The third-order valence-electron chi connectivity index (χ3n) is 2.79. The van der Waals surface area contributed by atoms with Crippen molar-refractivity contribution in [1.29, 1.82) is 0 Å². The quantitative estimate of drug-likeness (QED) is 0.816. The molecule has 0 bridgehead atoms. The minimum atomic E-state index is 0. The fourth-order valence-electron chi connectivity index (χ4n) is 1.74. The smallest absolute Gasteiger partial charge is 0.134 e. The lowest BCUT2D eigenvalue weighted by Crippen LogP contribution is -2.42. The third-order valence-corrected chi connectivity index (χ3v) is 2.79. The summed E-state index contributed by atoms with van der Waals surface area (Å²) in [6.07, 6.45) is 0.0682. The molecule has 0 spiro atoms. The summed E-state index contributed by atoms with van der Waals surface area (Å²) in [5.41, 5.74) is 2.76. The average molecular weight is 242 g/mol. The number of aryl methyl sites for hydroxylation is 1. The van der Waals surface area contributed by atoms with Crippen LogP contribution in [0, 0.1) is 12.3 Å². The molecular weight excluding hydrogens is 222 g/mol. The molecule has 1 N–H and O–H groups in total. The van der Waals surface area contributed by atoms with Crippen LogP contribution in [0.1, 0.15) is 31.2 Å². The summed E-state index contributed by atoms with van der Waals surface area (Å²) in [6, 6.07) is 8.51. The molecule has 0 aromatic heterocycles. The molecule has 1 fully saturated rings. The van der Waals surface area contributed by atoms with Gasteiger partial charge in [0, 0.05) is 12.0 Å². The second kappa shape index (κ2) is 5.17. The van der Waals surface area contributed by atoms with Crippen LogP contribution in [0.2, 0.25) is 0 Å². The maximum atomic E-state index is 5.81. The van der Waals surface area contributed by atoms with Crippen molar-refractivity contribution in [3.8, 4) is 0 Å². The van der Waals surface area contributed by atoms with Crippen molar-refractivity contribution in [3.63, 3.8) is 0 Å². The van der Waals surface area contributed by atoms with Gasteiger partial charge in [0.1, 0.15) is 6.23 Å². The lowest BCUT2D eigenvalue weighted by molar-refractivity contribution is -0.0595. The van der Waals surface area contributed by atoms with Crippen LogP contribution in [0.3, 0.4) is 0 Å². The van der Waals surface area contributed by atoms with Gasteiger partial charge in [-0.05, 0) is 12.5 Å². The number of hydrogen-bond acceptors (Lipinski definition) is 2. The largest absolute Gasteiger partial charge is 0.358 e. The molecule has 2 nitrogen and oxygen atoms in total. The predicted molar refractivity (Wildman–Crippen MR) is 68.9 cm³/mol. The molecule has 1 heterocycles. The molecule has 3 heteroatoms. The predicted octanol–water partition coefficient (Wildman–Crippen LogP) is 3.06. The molecular formula is C13H20ClNO. The molecule has 16 heavy (non-hydrogen) atoms. The number of rotatable bonds is 1. The van der Waals surface area contributed by atoms with E-state index in [1.165, 1.54) is 11.1 Å². The Kier molecular flexibility index (Phi) is 4.36. The van der Waals surface area contributed by atoms with Crippen molar-refractivity contribution in [3.05, 3.63) is 35.4 Å². The molecule has 1 unspecified atom stereocenters. The Balaban J connectivity index is 0.00000128. The van der Waals surface area contributed by atoms with Crippen LogP contribution in [-0.4, -0.2) is 13.2 Å². The normalized spacial score (nSPS) is 23.6. The van der Waals surface area contributed by atoms with E-state index in [9.17, 15) is 0 Å². The maximum absolute atomic E-state index is 5.81.